The zero-order valence-corrected chi connectivity index (χ0v) is 9.29. The Bertz CT molecular complexity index is 371. The van der Waals surface area contributed by atoms with Gasteiger partial charge in [0, 0.05) is 11.6 Å². The minimum atomic E-state index is 0.0138. The number of hydrogen-bond donors (Lipinski definition) is 1. The van der Waals surface area contributed by atoms with Crippen molar-refractivity contribution in [3.63, 3.8) is 0 Å². The molecular weight excluding hydrogens is 186 g/mol. The van der Waals surface area contributed by atoms with Crippen molar-refractivity contribution in [3.8, 4) is 0 Å². The molecule has 1 aromatic carbocycles. The molecule has 15 heavy (non-hydrogen) atoms. The zero-order chi connectivity index (χ0) is 10.8. The van der Waals surface area contributed by atoms with Crippen LogP contribution in [-0.4, -0.2) is 11.8 Å². The van der Waals surface area contributed by atoms with Crippen LogP contribution in [0.1, 0.15) is 25.8 Å². The van der Waals surface area contributed by atoms with Crippen molar-refractivity contribution in [2.45, 2.75) is 32.7 Å². The molecule has 1 atom stereocenters. The second kappa shape index (κ2) is 4.05. The molecule has 0 fully saturated rings. The van der Waals surface area contributed by atoms with Gasteiger partial charge < -0.3 is 5.32 Å². The van der Waals surface area contributed by atoms with Gasteiger partial charge in [-0.1, -0.05) is 32.0 Å². The third-order valence-corrected chi connectivity index (χ3v) is 2.96. The Morgan fingerprint density at radius 1 is 1.40 bits per heavy atom. The molecule has 0 radical (unpaired) electrons. The Morgan fingerprint density at radius 3 is 2.87 bits per heavy atom. The number of para-hydroxylation sites is 1. The van der Waals surface area contributed by atoms with Gasteiger partial charge in [0.2, 0.25) is 0 Å². The van der Waals surface area contributed by atoms with Gasteiger partial charge in [-0.25, -0.2) is 0 Å². The molecule has 80 valence electrons. The number of carbonyl (C=O) groups excluding carboxylic acids is 1. The Hall–Kier alpha value is -1.31. The Morgan fingerprint density at radius 2 is 2.13 bits per heavy atom. The van der Waals surface area contributed by atoms with E-state index in [2.05, 4.69) is 17.4 Å². The first-order valence-electron chi connectivity index (χ1n) is 5.56. The third kappa shape index (κ3) is 2.04. The van der Waals surface area contributed by atoms with Gasteiger partial charge in [-0.05, 0) is 24.5 Å². The molecule has 0 aliphatic carbocycles. The summed E-state index contributed by atoms with van der Waals surface area (Å²) in [4.78, 5) is 11.8. The summed E-state index contributed by atoms with van der Waals surface area (Å²) in [6.45, 7) is 3.93. The van der Waals surface area contributed by atoms with Gasteiger partial charge in [-0.15, -0.1) is 0 Å². The molecule has 1 aliphatic heterocycles. The van der Waals surface area contributed by atoms with E-state index in [0.29, 0.717) is 5.78 Å². The van der Waals surface area contributed by atoms with Crippen LogP contribution < -0.4 is 5.32 Å². The summed E-state index contributed by atoms with van der Waals surface area (Å²) in [5, 5.41) is 3.33. The SMILES string of the molecule is CC(C)C(=O)C1CCc2ccccc2N1. The molecule has 1 N–H and O–H groups in total. The first-order valence-corrected chi connectivity index (χ1v) is 5.56. The van der Waals surface area contributed by atoms with Crippen LogP contribution in [0, 0.1) is 5.92 Å². The van der Waals surface area contributed by atoms with Crippen LogP contribution in [0.15, 0.2) is 24.3 Å². The molecule has 0 amide bonds. The van der Waals surface area contributed by atoms with Gasteiger partial charge >= 0.3 is 0 Å². The van der Waals surface area contributed by atoms with E-state index in [9.17, 15) is 4.79 Å². The van der Waals surface area contributed by atoms with Crippen molar-refractivity contribution in [2.24, 2.45) is 5.92 Å². The number of anilines is 1. The first-order chi connectivity index (χ1) is 7.18. The predicted molar refractivity (Wildman–Crippen MR) is 62.0 cm³/mol. The average molecular weight is 203 g/mol. The highest BCUT2D eigenvalue weighted by Gasteiger charge is 2.24. The van der Waals surface area contributed by atoms with Crippen LogP contribution in [-0.2, 0) is 11.2 Å². The Balaban J connectivity index is 2.15. The average Bonchev–Trinajstić information content (AvgIpc) is 2.27. The molecule has 0 saturated heterocycles. The summed E-state index contributed by atoms with van der Waals surface area (Å²) in [7, 11) is 0. The second-order valence-corrected chi connectivity index (χ2v) is 4.45. The largest absolute Gasteiger partial charge is 0.375 e. The molecule has 0 aromatic heterocycles. The zero-order valence-electron chi connectivity index (χ0n) is 9.29. The standard InChI is InChI=1S/C13H17NO/c1-9(2)13(15)12-8-7-10-5-3-4-6-11(10)14-12/h3-6,9,12,14H,7-8H2,1-2H3. The maximum Gasteiger partial charge on any atom is 0.157 e. The summed E-state index contributed by atoms with van der Waals surface area (Å²) in [5.74, 6) is 0.442. The van der Waals surface area contributed by atoms with Crippen molar-refractivity contribution < 1.29 is 4.79 Å². The number of nitrogens with one attached hydrogen (secondary N) is 1. The maximum absolute atomic E-state index is 11.8. The molecule has 2 heteroatoms. The molecule has 1 aliphatic rings. The van der Waals surface area contributed by atoms with Gasteiger partial charge in [0.1, 0.15) is 0 Å². The van der Waals surface area contributed by atoms with Gasteiger partial charge in [0.15, 0.2) is 5.78 Å². The number of aryl methyl sites for hydroxylation is 1. The van der Waals surface area contributed by atoms with E-state index < -0.39 is 0 Å². The lowest BCUT2D eigenvalue weighted by Gasteiger charge is -2.27. The van der Waals surface area contributed by atoms with Gasteiger partial charge in [-0.2, -0.15) is 0 Å². The summed E-state index contributed by atoms with van der Waals surface area (Å²) < 4.78 is 0. The van der Waals surface area contributed by atoms with E-state index in [4.69, 9.17) is 0 Å². The summed E-state index contributed by atoms with van der Waals surface area (Å²) >= 11 is 0. The van der Waals surface area contributed by atoms with Crippen LogP contribution in [0.4, 0.5) is 5.69 Å². The summed E-state index contributed by atoms with van der Waals surface area (Å²) in [6, 6.07) is 8.24. The number of rotatable bonds is 2. The van der Waals surface area contributed by atoms with E-state index in [1.807, 2.05) is 26.0 Å². The lowest BCUT2D eigenvalue weighted by Crippen LogP contribution is -2.36. The highest BCUT2D eigenvalue weighted by molar-refractivity contribution is 5.89. The topological polar surface area (TPSA) is 29.1 Å². The summed E-state index contributed by atoms with van der Waals surface area (Å²) in [5.41, 5.74) is 2.45. The minimum absolute atomic E-state index is 0.0138. The van der Waals surface area contributed by atoms with E-state index >= 15 is 0 Å². The molecule has 2 rings (SSSR count). The fraction of sp³-hybridized carbons (Fsp3) is 0.462. The predicted octanol–water partition coefficient (Wildman–Crippen LogP) is 2.64. The maximum atomic E-state index is 11.8. The van der Waals surface area contributed by atoms with Crippen molar-refractivity contribution >= 4 is 11.5 Å². The van der Waals surface area contributed by atoms with E-state index in [0.717, 1.165) is 18.5 Å². The van der Waals surface area contributed by atoms with Crippen LogP contribution in [0.2, 0.25) is 0 Å². The van der Waals surface area contributed by atoms with Gasteiger partial charge in [0.05, 0.1) is 6.04 Å². The highest BCUT2D eigenvalue weighted by Crippen LogP contribution is 2.25. The number of hydrogen-bond acceptors (Lipinski definition) is 2. The molecule has 1 aromatic rings. The van der Waals surface area contributed by atoms with Crippen molar-refractivity contribution in [2.75, 3.05) is 5.32 Å². The molecule has 2 nitrogen and oxygen atoms in total. The lowest BCUT2D eigenvalue weighted by molar-refractivity contribution is -0.122. The van der Waals surface area contributed by atoms with Crippen LogP contribution in [0.3, 0.4) is 0 Å². The van der Waals surface area contributed by atoms with Crippen molar-refractivity contribution in [1.82, 2.24) is 0 Å². The molecule has 0 saturated carbocycles. The third-order valence-electron chi connectivity index (χ3n) is 2.96. The lowest BCUT2D eigenvalue weighted by atomic mass is 9.91. The van der Waals surface area contributed by atoms with Crippen molar-refractivity contribution in [1.29, 1.82) is 0 Å². The van der Waals surface area contributed by atoms with Crippen LogP contribution in [0.5, 0.6) is 0 Å². The molecule has 0 spiro atoms. The fourth-order valence-electron chi connectivity index (χ4n) is 2.05. The normalized spacial score (nSPS) is 19.5. The first kappa shape index (κ1) is 10.2. The quantitative estimate of drug-likeness (QED) is 0.800. The van der Waals surface area contributed by atoms with E-state index in [-0.39, 0.29) is 12.0 Å². The number of benzene rings is 1. The number of fused-ring (bicyclic) bond motifs is 1. The molecule has 0 bridgehead atoms. The van der Waals surface area contributed by atoms with Crippen LogP contribution in [0.25, 0.3) is 0 Å². The Labute approximate surface area is 90.7 Å². The monoisotopic (exact) mass is 203 g/mol. The van der Waals surface area contributed by atoms with Gasteiger partial charge in [0.25, 0.3) is 0 Å². The highest BCUT2D eigenvalue weighted by atomic mass is 16.1. The molecular formula is C13H17NO. The molecule has 1 unspecified atom stereocenters. The molecule has 1 heterocycles. The van der Waals surface area contributed by atoms with Crippen molar-refractivity contribution in [3.05, 3.63) is 29.8 Å². The number of ketones is 1. The van der Waals surface area contributed by atoms with E-state index in [1.165, 1.54) is 5.56 Å². The van der Waals surface area contributed by atoms with Crippen LogP contribution >= 0.6 is 0 Å². The van der Waals surface area contributed by atoms with E-state index in [1.54, 1.807) is 0 Å². The minimum Gasteiger partial charge on any atom is -0.375 e. The summed E-state index contributed by atoms with van der Waals surface area (Å²) in [6.07, 6.45) is 1.93. The van der Waals surface area contributed by atoms with Gasteiger partial charge in [-0.3, -0.25) is 4.79 Å². The fourth-order valence-corrected chi connectivity index (χ4v) is 2.05. The second-order valence-electron chi connectivity index (χ2n) is 4.45. The smallest absolute Gasteiger partial charge is 0.157 e. The number of carbonyl (C=O) groups is 1. The number of Topliss-reactive ketones (excluding diaryl/α,β-unsaturated/α-hetero) is 1. The Kier molecular flexibility index (Phi) is 2.76.